The van der Waals surface area contributed by atoms with E-state index in [1.165, 1.54) is 36.6 Å². The number of esters is 2. The van der Waals surface area contributed by atoms with Crippen LogP contribution >= 0.6 is 11.8 Å². The Bertz CT molecular complexity index is 1610. The molecule has 0 saturated carbocycles. The summed E-state index contributed by atoms with van der Waals surface area (Å²) >= 11 is 1.30. The third kappa shape index (κ3) is 5.57. The Labute approximate surface area is 262 Å². The number of nitrogens with two attached hydrogens (primary N) is 1. The molecule has 1 saturated heterocycles. The second-order valence-electron chi connectivity index (χ2n) is 11.2. The molecule has 45 heavy (non-hydrogen) atoms. The number of aromatic hydroxyl groups is 2. The number of methoxy groups -OCH3 is 2. The van der Waals surface area contributed by atoms with Gasteiger partial charge in [0.2, 0.25) is 18.4 Å². The zero-order valence-electron chi connectivity index (χ0n) is 24.8. The van der Waals surface area contributed by atoms with Crippen LogP contribution in [-0.2, 0) is 20.9 Å². The monoisotopic (exact) mass is 642 g/mol. The number of fused-ring (bicyclic) bond motifs is 3. The van der Waals surface area contributed by atoms with Crippen molar-refractivity contribution in [2.45, 2.75) is 42.8 Å². The first kappa shape index (κ1) is 30.7. The summed E-state index contributed by atoms with van der Waals surface area (Å²) in [6.07, 6.45) is -1.15. The second kappa shape index (κ2) is 12.3. The molecule has 2 aromatic carbocycles. The van der Waals surface area contributed by atoms with E-state index >= 15 is 0 Å². The normalized spacial score (nSPS) is 21.9. The highest BCUT2D eigenvalue weighted by atomic mass is 32.2. The summed E-state index contributed by atoms with van der Waals surface area (Å²) in [5.41, 5.74) is 7.68. The van der Waals surface area contributed by atoms with Crippen LogP contribution in [0.1, 0.15) is 42.1 Å². The predicted molar refractivity (Wildman–Crippen MR) is 159 cm³/mol. The summed E-state index contributed by atoms with van der Waals surface area (Å²) in [4.78, 5) is 26.5. The van der Waals surface area contributed by atoms with Crippen molar-refractivity contribution in [1.82, 2.24) is 4.57 Å². The topological polar surface area (TPSA) is 181 Å². The van der Waals surface area contributed by atoms with Gasteiger partial charge in [-0.05, 0) is 47.9 Å². The summed E-state index contributed by atoms with van der Waals surface area (Å²) < 4.78 is 34.7. The lowest BCUT2D eigenvalue weighted by atomic mass is 9.66. The maximum Gasteiger partial charge on any atom is 0.313 e. The lowest BCUT2D eigenvalue weighted by molar-refractivity contribution is -0.141. The molecule has 3 aliphatic rings. The minimum atomic E-state index is -0.954. The Hall–Kier alpha value is -4.27. The highest BCUT2D eigenvalue weighted by Gasteiger charge is 2.52. The quantitative estimate of drug-likeness (QED) is 0.144. The third-order valence-electron chi connectivity index (χ3n) is 8.26. The van der Waals surface area contributed by atoms with E-state index in [2.05, 4.69) is 0 Å². The number of hydrogen-bond acceptors (Lipinski definition) is 13. The molecule has 240 valence electrons. The molecule has 1 aliphatic carbocycles. The van der Waals surface area contributed by atoms with Crippen LogP contribution < -0.4 is 29.4 Å². The van der Waals surface area contributed by atoms with E-state index in [0.29, 0.717) is 38.8 Å². The van der Waals surface area contributed by atoms with Crippen molar-refractivity contribution >= 4 is 23.7 Å². The summed E-state index contributed by atoms with van der Waals surface area (Å²) in [6.45, 7) is 1.89. The number of carbonyl (C=O) groups is 2. The van der Waals surface area contributed by atoms with Gasteiger partial charge >= 0.3 is 11.9 Å². The van der Waals surface area contributed by atoms with Crippen molar-refractivity contribution in [2.75, 3.05) is 33.4 Å². The number of aromatic nitrogens is 1. The molecule has 5 atom stereocenters. The molecule has 14 heteroatoms. The number of cyclic esters (lactones) is 1. The van der Waals surface area contributed by atoms with Crippen LogP contribution in [0.3, 0.4) is 0 Å². The standard InChI is InChI=1S/C31H34N2O11S/c1-14(32)12-45-23-10-24(34)33(30(23)37)5-4-25(35)44-29-21(39-2)6-15(7-22(29)40-3)26-16-8-19-20(43-13-42-19)9-17(16)28(36)18-11-41-31(38)27(18)26/h6-10,14,18,26-28,34,36-37H,4-5,11-13,32H2,1-3H3/t14-,18+,26-,27+,28-/m1/s1. The molecular formula is C31H34N2O11S. The molecule has 5 N–H and O–H groups in total. The fraction of sp³-hybridized carbons (Fsp3) is 0.419. The molecule has 0 radical (unpaired) electrons. The van der Waals surface area contributed by atoms with Gasteiger partial charge in [-0.2, -0.15) is 0 Å². The van der Waals surface area contributed by atoms with Gasteiger partial charge in [-0.3, -0.25) is 14.2 Å². The van der Waals surface area contributed by atoms with Crippen LogP contribution in [0.5, 0.6) is 40.5 Å². The molecule has 3 aromatic rings. The van der Waals surface area contributed by atoms with Crippen LogP contribution in [0.4, 0.5) is 0 Å². The average molecular weight is 643 g/mol. The van der Waals surface area contributed by atoms with Gasteiger partial charge in [0, 0.05) is 36.2 Å². The highest BCUT2D eigenvalue weighted by molar-refractivity contribution is 7.99. The molecule has 0 amide bonds. The number of aliphatic hydroxyl groups is 1. The van der Waals surface area contributed by atoms with Gasteiger partial charge in [-0.1, -0.05) is 0 Å². The molecule has 0 bridgehead atoms. The van der Waals surface area contributed by atoms with Crippen LogP contribution in [0.2, 0.25) is 0 Å². The van der Waals surface area contributed by atoms with Gasteiger partial charge < -0.3 is 49.5 Å². The second-order valence-corrected chi connectivity index (χ2v) is 12.2. The molecule has 3 heterocycles. The minimum Gasteiger partial charge on any atom is -0.494 e. The Morgan fingerprint density at radius 2 is 1.73 bits per heavy atom. The van der Waals surface area contributed by atoms with E-state index in [4.69, 9.17) is 34.2 Å². The number of nitrogens with zero attached hydrogens (tertiary/aromatic N) is 1. The van der Waals surface area contributed by atoms with Gasteiger partial charge in [0.05, 0.1) is 44.2 Å². The Morgan fingerprint density at radius 1 is 1.07 bits per heavy atom. The molecule has 2 aliphatic heterocycles. The van der Waals surface area contributed by atoms with Gasteiger partial charge in [-0.15, -0.1) is 11.8 Å². The zero-order valence-corrected chi connectivity index (χ0v) is 25.7. The Morgan fingerprint density at radius 3 is 2.38 bits per heavy atom. The summed E-state index contributed by atoms with van der Waals surface area (Å²) in [5.74, 6) is -1.32. The highest BCUT2D eigenvalue weighted by Crippen LogP contribution is 2.55. The molecule has 1 fully saturated rings. The summed E-state index contributed by atoms with van der Waals surface area (Å²) in [6, 6.07) is 8.14. The van der Waals surface area contributed by atoms with Gasteiger partial charge in [0.1, 0.15) is 0 Å². The van der Waals surface area contributed by atoms with E-state index in [1.54, 1.807) is 24.3 Å². The lowest BCUT2D eigenvalue weighted by Crippen LogP contribution is -2.34. The van der Waals surface area contributed by atoms with E-state index in [1.807, 2.05) is 6.92 Å². The SMILES string of the molecule is COc1cc([C@@H]2c3cc4c(cc3[C@@H](O)[C@H]3COC(=O)[C@H]23)OCO4)cc(OC)c1OC(=O)CCn1c(O)cc(SC[C@@H](C)N)c1O. The van der Waals surface area contributed by atoms with E-state index < -0.39 is 35.8 Å². The molecule has 0 spiro atoms. The molecule has 13 nitrogen and oxygen atoms in total. The minimum absolute atomic E-state index is 0.0233. The van der Waals surface area contributed by atoms with Crippen LogP contribution in [0.25, 0.3) is 0 Å². The van der Waals surface area contributed by atoms with Crippen molar-refractivity contribution in [1.29, 1.82) is 0 Å². The molecule has 6 rings (SSSR count). The van der Waals surface area contributed by atoms with Crippen molar-refractivity contribution in [3.8, 4) is 40.5 Å². The lowest BCUT2D eigenvalue weighted by Gasteiger charge is -2.37. The molecule has 0 unspecified atom stereocenters. The Balaban J connectivity index is 1.29. The fourth-order valence-electron chi connectivity index (χ4n) is 6.13. The first-order chi connectivity index (χ1) is 21.6. The Kier molecular flexibility index (Phi) is 8.37. The van der Waals surface area contributed by atoms with Crippen molar-refractivity contribution in [2.24, 2.45) is 17.6 Å². The summed E-state index contributed by atoms with van der Waals surface area (Å²) in [5, 5.41) is 32.1. The number of thioether (sulfide) groups is 1. The van der Waals surface area contributed by atoms with Gasteiger partial charge in [0.15, 0.2) is 28.9 Å². The van der Waals surface area contributed by atoms with Gasteiger partial charge in [0.25, 0.3) is 0 Å². The number of carbonyl (C=O) groups excluding carboxylic acids is 2. The van der Waals surface area contributed by atoms with E-state index in [0.717, 1.165) is 0 Å². The fourth-order valence-corrected chi connectivity index (χ4v) is 7.00. The maximum atomic E-state index is 13.0. The number of benzene rings is 2. The van der Waals surface area contributed by atoms with E-state index in [9.17, 15) is 24.9 Å². The first-order valence-electron chi connectivity index (χ1n) is 14.4. The van der Waals surface area contributed by atoms with Crippen LogP contribution in [-0.4, -0.2) is 71.2 Å². The van der Waals surface area contributed by atoms with Crippen LogP contribution in [0, 0.1) is 11.8 Å². The van der Waals surface area contributed by atoms with Crippen molar-refractivity contribution in [3.63, 3.8) is 0 Å². The van der Waals surface area contributed by atoms with E-state index in [-0.39, 0.29) is 61.4 Å². The van der Waals surface area contributed by atoms with Crippen molar-refractivity contribution < 1.29 is 53.3 Å². The first-order valence-corrected chi connectivity index (χ1v) is 15.3. The van der Waals surface area contributed by atoms with Gasteiger partial charge in [-0.25, -0.2) is 0 Å². The third-order valence-corrected chi connectivity index (χ3v) is 9.56. The number of ether oxygens (including phenoxy) is 6. The molecular weight excluding hydrogens is 608 g/mol. The van der Waals surface area contributed by atoms with Crippen LogP contribution in [0.15, 0.2) is 35.2 Å². The predicted octanol–water partition coefficient (Wildman–Crippen LogP) is 3.05. The zero-order chi connectivity index (χ0) is 32.0. The number of rotatable bonds is 10. The number of hydrogen-bond donors (Lipinski definition) is 4. The number of aliphatic hydroxyl groups excluding tert-OH is 1. The van der Waals surface area contributed by atoms with Crippen molar-refractivity contribution in [3.05, 3.63) is 47.0 Å². The average Bonchev–Trinajstić information content (AvgIpc) is 3.71. The summed E-state index contributed by atoms with van der Waals surface area (Å²) in [7, 11) is 2.83. The molecule has 1 aromatic heterocycles. The smallest absolute Gasteiger partial charge is 0.313 e. The largest absolute Gasteiger partial charge is 0.494 e. The maximum absolute atomic E-state index is 13.0.